The fourth-order valence-electron chi connectivity index (χ4n) is 2.32. The fourth-order valence-corrected chi connectivity index (χ4v) is 2.32. The first-order chi connectivity index (χ1) is 10.4. The predicted molar refractivity (Wildman–Crippen MR) is 86.1 cm³/mol. The maximum atomic E-state index is 12.4. The molecular formula is C16H22N4O2. The van der Waals surface area contributed by atoms with Crippen LogP contribution in [0.1, 0.15) is 36.8 Å². The van der Waals surface area contributed by atoms with Gasteiger partial charge in [-0.2, -0.15) is 5.10 Å². The van der Waals surface area contributed by atoms with E-state index in [1.54, 1.807) is 33.8 Å². The van der Waals surface area contributed by atoms with Crippen LogP contribution in [0.5, 0.6) is 0 Å². The van der Waals surface area contributed by atoms with Crippen LogP contribution < -0.4 is 10.9 Å². The van der Waals surface area contributed by atoms with Gasteiger partial charge in [0, 0.05) is 19.3 Å². The van der Waals surface area contributed by atoms with Crippen molar-refractivity contribution in [3.05, 3.63) is 46.1 Å². The van der Waals surface area contributed by atoms with Crippen LogP contribution in [0.15, 0.2) is 29.3 Å². The molecule has 0 saturated heterocycles. The molecule has 1 amide bonds. The molecule has 6 nitrogen and oxygen atoms in total. The molecule has 0 fully saturated rings. The first-order valence-corrected chi connectivity index (χ1v) is 7.47. The summed E-state index contributed by atoms with van der Waals surface area (Å²) < 4.78 is 3.36. The maximum Gasteiger partial charge on any atom is 0.263 e. The lowest BCUT2D eigenvalue weighted by Gasteiger charge is -2.10. The van der Waals surface area contributed by atoms with Gasteiger partial charge >= 0.3 is 0 Å². The Labute approximate surface area is 129 Å². The van der Waals surface area contributed by atoms with Crippen molar-refractivity contribution in [1.29, 1.82) is 0 Å². The summed E-state index contributed by atoms with van der Waals surface area (Å²) >= 11 is 0. The van der Waals surface area contributed by atoms with E-state index in [1.807, 2.05) is 27.7 Å². The lowest BCUT2D eigenvalue weighted by Crippen LogP contribution is -2.29. The standard InChI is InChI=1S/C16H22N4O2/c1-5-20-12(4)14(9-17-20)18-15(21)13-7-6-8-19(16(13)22)10-11(2)3/h6-9,11H,5,10H2,1-4H3,(H,18,21). The summed E-state index contributed by atoms with van der Waals surface area (Å²) in [6.45, 7) is 9.24. The molecule has 22 heavy (non-hydrogen) atoms. The number of hydrogen-bond donors (Lipinski definition) is 1. The minimum Gasteiger partial charge on any atom is -0.319 e. The van der Waals surface area contributed by atoms with Gasteiger partial charge in [0.05, 0.1) is 17.6 Å². The number of carbonyl (C=O) groups is 1. The SMILES string of the molecule is CCn1ncc(NC(=O)c2cccn(CC(C)C)c2=O)c1C. The van der Waals surface area contributed by atoms with Crippen LogP contribution in [0.4, 0.5) is 5.69 Å². The number of carbonyl (C=O) groups excluding carboxylic acids is 1. The summed E-state index contributed by atoms with van der Waals surface area (Å²) in [6, 6.07) is 3.27. The Morgan fingerprint density at radius 1 is 1.41 bits per heavy atom. The van der Waals surface area contributed by atoms with Crippen molar-refractivity contribution in [2.24, 2.45) is 5.92 Å². The zero-order chi connectivity index (χ0) is 16.3. The summed E-state index contributed by atoms with van der Waals surface area (Å²) in [5.74, 6) is -0.0668. The number of nitrogens with one attached hydrogen (secondary N) is 1. The van der Waals surface area contributed by atoms with E-state index in [2.05, 4.69) is 10.4 Å². The third-order valence-electron chi connectivity index (χ3n) is 3.48. The van der Waals surface area contributed by atoms with Crippen LogP contribution in [0.2, 0.25) is 0 Å². The van der Waals surface area contributed by atoms with Gasteiger partial charge in [-0.15, -0.1) is 0 Å². The van der Waals surface area contributed by atoms with Crippen LogP contribution in [-0.2, 0) is 13.1 Å². The summed E-state index contributed by atoms with van der Waals surface area (Å²) in [6.07, 6.45) is 3.31. The van der Waals surface area contributed by atoms with Crippen molar-refractivity contribution in [2.45, 2.75) is 40.8 Å². The highest BCUT2D eigenvalue weighted by molar-refractivity contribution is 6.04. The number of pyridine rings is 1. The number of aromatic nitrogens is 3. The second-order valence-electron chi connectivity index (χ2n) is 5.69. The predicted octanol–water partition coefficient (Wildman–Crippen LogP) is 2.28. The molecule has 0 aliphatic heterocycles. The van der Waals surface area contributed by atoms with E-state index in [-0.39, 0.29) is 11.1 Å². The molecule has 0 aliphatic rings. The van der Waals surface area contributed by atoms with Crippen molar-refractivity contribution in [1.82, 2.24) is 14.3 Å². The van der Waals surface area contributed by atoms with Crippen LogP contribution in [0.25, 0.3) is 0 Å². The van der Waals surface area contributed by atoms with Gasteiger partial charge in [-0.25, -0.2) is 0 Å². The molecular weight excluding hydrogens is 280 g/mol. The van der Waals surface area contributed by atoms with Crippen molar-refractivity contribution in [2.75, 3.05) is 5.32 Å². The highest BCUT2D eigenvalue weighted by atomic mass is 16.2. The van der Waals surface area contributed by atoms with Gasteiger partial charge in [-0.1, -0.05) is 13.8 Å². The Kier molecular flexibility index (Phi) is 4.80. The van der Waals surface area contributed by atoms with E-state index in [9.17, 15) is 9.59 Å². The third kappa shape index (κ3) is 3.27. The molecule has 0 aliphatic carbocycles. The zero-order valence-corrected chi connectivity index (χ0v) is 13.5. The lowest BCUT2D eigenvalue weighted by molar-refractivity contribution is 0.102. The number of hydrogen-bond acceptors (Lipinski definition) is 3. The normalized spacial score (nSPS) is 11.0. The van der Waals surface area contributed by atoms with Crippen molar-refractivity contribution in [3.63, 3.8) is 0 Å². The molecule has 0 bridgehead atoms. The van der Waals surface area contributed by atoms with Crippen LogP contribution in [-0.4, -0.2) is 20.3 Å². The van der Waals surface area contributed by atoms with Gasteiger partial charge in [0.25, 0.3) is 11.5 Å². The molecule has 6 heteroatoms. The molecule has 2 rings (SSSR count). The van der Waals surface area contributed by atoms with Gasteiger partial charge in [0.2, 0.25) is 0 Å². The topological polar surface area (TPSA) is 68.9 Å². The molecule has 0 aromatic carbocycles. The van der Waals surface area contributed by atoms with E-state index in [1.165, 1.54) is 0 Å². The number of amides is 1. The summed E-state index contributed by atoms with van der Waals surface area (Å²) in [5, 5.41) is 6.95. The fraction of sp³-hybridized carbons (Fsp3) is 0.438. The Bertz CT molecular complexity index is 728. The molecule has 118 valence electrons. The van der Waals surface area contributed by atoms with Gasteiger partial charge in [-0.05, 0) is 31.9 Å². The average molecular weight is 302 g/mol. The zero-order valence-electron chi connectivity index (χ0n) is 13.5. The molecule has 0 atom stereocenters. The van der Waals surface area contributed by atoms with E-state index < -0.39 is 5.91 Å². The molecule has 2 aromatic heterocycles. The Morgan fingerprint density at radius 3 is 2.73 bits per heavy atom. The lowest BCUT2D eigenvalue weighted by atomic mass is 10.2. The minimum absolute atomic E-state index is 0.145. The minimum atomic E-state index is -0.401. The smallest absolute Gasteiger partial charge is 0.263 e. The highest BCUT2D eigenvalue weighted by Crippen LogP contribution is 2.14. The van der Waals surface area contributed by atoms with Gasteiger partial charge < -0.3 is 9.88 Å². The highest BCUT2D eigenvalue weighted by Gasteiger charge is 2.15. The van der Waals surface area contributed by atoms with E-state index >= 15 is 0 Å². The summed E-state index contributed by atoms with van der Waals surface area (Å²) in [5.41, 5.74) is 1.38. The van der Waals surface area contributed by atoms with Crippen LogP contribution >= 0.6 is 0 Å². The monoisotopic (exact) mass is 302 g/mol. The first kappa shape index (κ1) is 16.0. The largest absolute Gasteiger partial charge is 0.319 e. The van der Waals surface area contributed by atoms with Gasteiger partial charge in [0.1, 0.15) is 5.56 Å². The molecule has 0 saturated carbocycles. The van der Waals surface area contributed by atoms with E-state index in [4.69, 9.17) is 0 Å². The van der Waals surface area contributed by atoms with Crippen molar-refractivity contribution in [3.8, 4) is 0 Å². The van der Waals surface area contributed by atoms with Crippen molar-refractivity contribution < 1.29 is 4.79 Å². The second kappa shape index (κ2) is 6.60. The molecule has 2 heterocycles. The third-order valence-corrected chi connectivity index (χ3v) is 3.48. The number of nitrogens with zero attached hydrogens (tertiary/aromatic N) is 3. The maximum absolute atomic E-state index is 12.4. The van der Waals surface area contributed by atoms with E-state index in [0.29, 0.717) is 18.2 Å². The molecule has 0 unspecified atom stereocenters. The summed E-state index contributed by atoms with van der Waals surface area (Å²) in [4.78, 5) is 24.7. The Hall–Kier alpha value is -2.37. The quantitative estimate of drug-likeness (QED) is 0.921. The number of anilines is 1. The second-order valence-corrected chi connectivity index (χ2v) is 5.69. The number of aryl methyl sites for hydroxylation is 1. The number of rotatable bonds is 5. The average Bonchev–Trinajstić information content (AvgIpc) is 2.81. The Balaban J connectivity index is 2.26. The summed E-state index contributed by atoms with van der Waals surface area (Å²) in [7, 11) is 0. The molecule has 2 aromatic rings. The van der Waals surface area contributed by atoms with Crippen LogP contribution in [0, 0.1) is 12.8 Å². The van der Waals surface area contributed by atoms with E-state index in [0.717, 1.165) is 12.2 Å². The van der Waals surface area contributed by atoms with Gasteiger partial charge in [0.15, 0.2) is 0 Å². The van der Waals surface area contributed by atoms with Gasteiger partial charge in [-0.3, -0.25) is 14.3 Å². The first-order valence-electron chi connectivity index (χ1n) is 7.47. The Morgan fingerprint density at radius 2 is 2.14 bits per heavy atom. The molecule has 0 radical (unpaired) electrons. The molecule has 1 N–H and O–H groups in total. The van der Waals surface area contributed by atoms with Crippen molar-refractivity contribution >= 4 is 11.6 Å². The van der Waals surface area contributed by atoms with Crippen LogP contribution in [0.3, 0.4) is 0 Å². The molecule has 0 spiro atoms.